The number of nitrogens with two attached hydrogens (primary N) is 1. The van der Waals surface area contributed by atoms with Crippen LogP contribution in [-0.4, -0.2) is 9.78 Å². The summed E-state index contributed by atoms with van der Waals surface area (Å²) in [4.78, 5) is 0. The highest BCUT2D eigenvalue weighted by Crippen LogP contribution is 2.29. The van der Waals surface area contributed by atoms with E-state index in [0.29, 0.717) is 16.9 Å². The number of benzene rings is 1. The van der Waals surface area contributed by atoms with Crippen molar-refractivity contribution < 1.29 is 13.2 Å². The third-order valence-electron chi connectivity index (χ3n) is 3.02. The quantitative estimate of drug-likeness (QED) is 0.910. The Labute approximate surface area is 108 Å². The average Bonchev–Trinajstić information content (AvgIpc) is 2.56. The average molecular weight is 269 g/mol. The zero-order valence-corrected chi connectivity index (χ0v) is 10.6. The van der Waals surface area contributed by atoms with Crippen LogP contribution in [0.15, 0.2) is 24.3 Å². The largest absolute Gasteiger partial charge is 0.416 e. The maximum absolute atomic E-state index is 12.6. The van der Waals surface area contributed by atoms with E-state index < -0.39 is 11.7 Å². The molecule has 6 heteroatoms. The highest BCUT2D eigenvalue weighted by atomic mass is 19.4. The van der Waals surface area contributed by atoms with E-state index >= 15 is 0 Å². The zero-order valence-electron chi connectivity index (χ0n) is 10.6. The van der Waals surface area contributed by atoms with E-state index in [1.165, 1.54) is 6.07 Å². The van der Waals surface area contributed by atoms with Crippen LogP contribution in [0.3, 0.4) is 0 Å². The standard InChI is InChI=1S/C13H14F3N3/c1-8-12(17)9(2)19(18-8)7-10-4-3-5-11(6-10)13(14,15)16/h3-6H,7,17H2,1-2H3. The molecule has 0 aliphatic rings. The van der Waals surface area contributed by atoms with Gasteiger partial charge in [0.2, 0.25) is 0 Å². The van der Waals surface area contributed by atoms with Crippen LogP contribution >= 0.6 is 0 Å². The van der Waals surface area contributed by atoms with Crippen LogP contribution < -0.4 is 5.73 Å². The molecule has 0 bridgehead atoms. The van der Waals surface area contributed by atoms with Crippen LogP contribution in [0.1, 0.15) is 22.5 Å². The number of alkyl halides is 3. The minimum atomic E-state index is -4.33. The van der Waals surface area contributed by atoms with Gasteiger partial charge in [-0.3, -0.25) is 4.68 Å². The predicted octanol–water partition coefficient (Wildman–Crippen LogP) is 3.15. The van der Waals surface area contributed by atoms with Crippen molar-refractivity contribution in [2.75, 3.05) is 5.73 Å². The Kier molecular flexibility index (Phi) is 3.26. The minimum Gasteiger partial charge on any atom is -0.396 e. The highest BCUT2D eigenvalue weighted by molar-refractivity contribution is 5.47. The van der Waals surface area contributed by atoms with E-state index in [1.807, 2.05) is 0 Å². The molecular weight excluding hydrogens is 255 g/mol. The topological polar surface area (TPSA) is 43.8 Å². The van der Waals surface area contributed by atoms with Crippen molar-refractivity contribution in [1.82, 2.24) is 9.78 Å². The summed E-state index contributed by atoms with van der Waals surface area (Å²) in [6, 6.07) is 5.22. The van der Waals surface area contributed by atoms with Crippen LogP contribution in [0, 0.1) is 13.8 Å². The van der Waals surface area contributed by atoms with Crippen LogP contribution in [0.5, 0.6) is 0 Å². The summed E-state index contributed by atoms with van der Waals surface area (Å²) in [5.74, 6) is 0. The lowest BCUT2D eigenvalue weighted by molar-refractivity contribution is -0.137. The first-order valence-corrected chi connectivity index (χ1v) is 5.74. The van der Waals surface area contributed by atoms with E-state index in [9.17, 15) is 13.2 Å². The van der Waals surface area contributed by atoms with Gasteiger partial charge in [-0.15, -0.1) is 0 Å². The Morgan fingerprint density at radius 1 is 1.26 bits per heavy atom. The molecule has 0 radical (unpaired) electrons. The molecule has 2 rings (SSSR count). The van der Waals surface area contributed by atoms with Crippen molar-refractivity contribution in [3.05, 3.63) is 46.8 Å². The molecule has 0 amide bonds. The van der Waals surface area contributed by atoms with Crippen molar-refractivity contribution >= 4 is 5.69 Å². The zero-order chi connectivity index (χ0) is 14.2. The van der Waals surface area contributed by atoms with Gasteiger partial charge in [-0.1, -0.05) is 12.1 Å². The summed E-state index contributed by atoms with van der Waals surface area (Å²) in [7, 11) is 0. The number of rotatable bonds is 2. The number of anilines is 1. The molecule has 2 N–H and O–H groups in total. The lowest BCUT2D eigenvalue weighted by Crippen LogP contribution is -2.08. The van der Waals surface area contributed by atoms with E-state index in [0.717, 1.165) is 17.8 Å². The molecule has 0 unspecified atom stereocenters. The summed E-state index contributed by atoms with van der Waals surface area (Å²) < 4.78 is 39.4. The van der Waals surface area contributed by atoms with Gasteiger partial charge < -0.3 is 5.73 Å². The molecule has 0 spiro atoms. The predicted molar refractivity (Wildman–Crippen MR) is 66.7 cm³/mol. The van der Waals surface area contributed by atoms with E-state index in [4.69, 9.17) is 5.73 Å². The fourth-order valence-electron chi connectivity index (χ4n) is 1.88. The van der Waals surface area contributed by atoms with Gasteiger partial charge in [0, 0.05) is 0 Å². The van der Waals surface area contributed by atoms with Crippen LogP contribution in [0.2, 0.25) is 0 Å². The number of aryl methyl sites for hydroxylation is 1. The molecule has 1 heterocycles. The summed E-state index contributed by atoms with van der Waals surface area (Å²) in [5, 5.41) is 4.21. The molecule has 0 fully saturated rings. The summed E-state index contributed by atoms with van der Waals surface area (Å²) in [6.07, 6.45) is -4.33. The monoisotopic (exact) mass is 269 g/mol. The van der Waals surface area contributed by atoms with Gasteiger partial charge in [-0.05, 0) is 31.5 Å². The van der Waals surface area contributed by atoms with Gasteiger partial charge in [0.05, 0.1) is 29.2 Å². The van der Waals surface area contributed by atoms with Crippen LogP contribution in [0.4, 0.5) is 18.9 Å². The molecular formula is C13H14F3N3. The van der Waals surface area contributed by atoms with Gasteiger partial charge in [0.15, 0.2) is 0 Å². The second kappa shape index (κ2) is 4.60. The lowest BCUT2D eigenvalue weighted by Gasteiger charge is -2.09. The minimum absolute atomic E-state index is 0.272. The number of hydrogen-bond acceptors (Lipinski definition) is 2. The molecule has 0 aliphatic carbocycles. The molecule has 3 nitrogen and oxygen atoms in total. The van der Waals surface area contributed by atoms with Crippen molar-refractivity contribution in [3.63, 3.8) is 0 Å². The molecule has 102 valence electrons. The second-order valence-corrected chi connectivity index (χ2v) is 4.44. The Morgan fingerprint density at radius 3 is 2.47 bits per heavy atom. The second-order valence-electron chi connectivity index (χ2n) is 4.44. The SMILES string of the molecule is Cc1nn(Cc2cccc(C(F)(F)F)c2)c(C)c1N. The number of nitrogen functional groups attached to an aromatic ring is 1. The van der Waals surface area contributed by atoms with Crippen molar-refractivity contribution in [2.45, 2.75) is 26.6 Å². The first kappa shape index (κ1) is 13.5. The summed E-state index contributed by atoms with van der Waals surface area (Å²) >= 11 is 0. The third kappa shape index (κ3) is 2.72. The first-order valence-electron chi connectivity index (χ1n) is 5.74. The molecule has 19 heavy (non-hydrogen) atoms. The molecule has 2 aromatic rings. The number of halogens is 3. The number of hydrogen-bond donors (Lipinski definition) is 1. The maximum Gasteiger partial charge on any atom is 0.416 e. The number of aromatic nitrogens is 2. The normalized spacial score (nSPS) is 11.8. The Hall–Kier alpha value is -1.98. The highest BCUT2D eigenvalue weighted by Gasteiger charge is 2.30. The molecule has 1 aromatic heterocycles. The maximum atomic E-state index is 12.6. The van der Waals surface area contributed by atoms with Gasteiger partial charge in [0.1, 0.15) is 0 Å². The lowest BCUT2D eigenvalue weighted by atomic mass is 10.1. The van der Waals surface area contributed by atoms with Gasteiger partial charge in [0.25, 0.3) is 0 Å². The molecule has 0 atom stereocenters. The number of nitrogens with zero attached hydrogens (tertiary/aromatic N) is 2. The van der Waals surface area contributed by atoms with Crippen molar-refractivity contribution in [2.24, 2.45) is 0 Å². The molecule has 0 aliphatic heterocycles. The molecule has 1 aromatic carbocycles. The van der Waals surface area contributed by atoms with Crippen LogP contribution in [-0.2, 0) is 12.7 Å². The van der Waals surface area contributed by atoms with Gasteiger partial charge in [-0.2, -0.15) is 18.3 Å². The van der Waals surface area contributed by atoms with Gasteiger partial charge >= 0.3 is 6.18 Å². The fourth-order valence-corrected chi connectivity index (χ4v) is 1.88. The van der Waals surface area contributed by atoms with Crippen molar-refractivity contribution in [1.29, 1.82) is 0 Å². The smallest absolute Gasteiger partial charge is 0.396 e. The Balaban J connectivity index is 2.31. The molecule has 0 saturated heterocycles. The van der Waals surface area contributed by atoms with E-state index in [-0.39, 0.29) is 6.54 Å². The van der Waals surface area contributed by atoms with Crippen LogP contribution in [0.25, 0.3) is 0 Å². The third-order valence-corrected chi connectivity index (χ3v) is 3.02. The van der Waals surface area contributed by atoms with Crippen molar-refractivity contribution in [3.8, 4) is 0 Å². The summed E-state index contributed by atoms with van der Waals surface area (Å²) in [6.45, 7) is 3.84. The van der Waals surface area contributed by atoms with E-state index in [2.05, 4.69) is 5.10 Å². The van der Waals surface area contributed by atoms with Gasteiger partial charge in [-0.25, -0.2) is 0 Å². The fraction of sp³-hybridized carbons (Fsp3) is 0.308. The first-order chi connectivity index (χ1) is 8.79. The molecule has 0 saturated carbocycles. The Morgan fingerprint density at radius 2 is 1.95 bits per heavy atom. The van der Waals surface area contributed by atoms with E-state index in [1.54, 1.807) is 24.6 Å². The Bertz CT molecular complexity index is 600. The summed E-state index contributed by atoms with van der Waals surface area (Å²) in [5.41, 5.74) is 7.70.